The molecule has 0 aliphatic rings. The van der Waals surface area contributed by atoms with Gasteiger partial charge in [0.15, 0.2) is 0 Å². The molecule has 0 saturated carbocycles. The monoisotopic (exact) mass is 406 g/mol. The van der Waals surface area contributed by atoms with Gasteiger partial charge in [0.1, 0.15) is 6.04 Å². The Morgan fingerprint density at radius 2 is 1.57 bits per heavy atom. The summed E-state index contributed by atoms with van der Waals surface area (Å²) in [5, 5.41) is 13.3. The molecule has 2 atom stereocenters. The number of aromatic nitrogens is 2. The van der Waals surface area contributed by atoms with Crippen molar-refractivity contribution in [1.29, 1.82) is 0 Å². The summed E-state index contributed by atoms with van der Waals surface area (Å²) in [4.78, 5) is 37.4. The molecule has 0 fully saturated rings. The van der Waals surface area contributed by atoms with Crippen molar-refractivity contribution < 1.29 is 9.59 Å². The van der Waals surface area contributed by atoms with Crippen molar-refractivity contribution >= 4 is 22.6 Å². The maximum atomic E-state index is 12.8. The van der Waals surface area contributed by atoms with E-state index in [0.717, 1.165) is 5.56 Å². The molecule has 1 heterocycles. The molecule has 3 aromatic rings. The van der Waals surface area contributed by atoms with E-state index in [0.29, 0.717) is 16.5 Å². The van der Waals surface area contributed by atoms with Crippen LogP contribution in [0.15, 0.2) is 59.4 Å². The largest absolute Gasteiger partial charge is 0.348 e. The first-order valence-corrected chi connectivity index (χ1v) is 9.97. The lowest BCUT2D eigenvalue weighted by Gasteiger charge is -2.24. The molecule has 0 aliphatic heterocycles. The van der Waals surface area contributed by atoms with Gasteiger partial charge in [-0.05, 0) is 24.5 Å². The fourth-order valence-corrected chi connectivity index (χ4v) is 3.35. The summed E-state index contributed by atoms with van der Waals surface area (Å²) in [7, 11) is 0. The number of amides is 2. The number of carbonyl (C=O) groups is 2. The number of rotatable bonds is 7. The van der Waals surface area contributed by atoms with Crippen molar-refractivity contribution in [2.45, 2.75) is 39.3 Å². The zero-order valence-electron chi connectivity index (χ0n) is 17.3. The average molecular weight is 406 g/mol. The minimum atomic E-state index is -0.683. The summed E-state index contributed by atoms with van der Waals surface area (Å²) in [5.74, 6) is -0.674. The minimum absolute atomic E-state index is 0.0397. The fraction of sp³-hybridized carbons (Fsp3) is 0.304. The van der Waals surface area contributed by atoms with Gasteiger partial charge in [-0.1, -0.05) is 62.4 Å². The molecule has 7 nitrogen and oxygen atoms in total. The van der Waals surface area contributed by atoms with Gasteiger partial charge in [-0.15, -0.1) is 0 Å². The molecule has 0 aliphatic carbocycles. The van der Waals surface area contributed by atoms with E-state index in [1.54, 1.807) is 24.3 Å². The van der Waals surface area contributed by atoms with Crippen molar-refractivity contribution in [3.05, 3.63) is 76.2 Å². The Kier molecular flexibility index (Phi) is 6.61. The topological polar surface area (TPSA) is 104 Å². The van der Waals surface area contributed by atoms with Crippen LogP contribution in [0.25, 0.3) is 10.8 Å². The predicted octanol–water partition coefficient (Wildman–Crippen LogP) is 2.48. The van der Waals surface area contributed by atoms with E-state index in [4.69, 9.17) is 0 Å². The van der Waals surface area contributed by atoms with Crippen LogP contribution in [0.1, 0.15) is 38.1 Å². The van der Waals surface area contributed by atoms with Crippen LogP contribution in [0.4, 0.5) is 0 Å². The molecule has 0 spiro atoms. The second-order valence-corrected chi connectivity index (χ2v) is 7.65. The average Bonchev–Trinajstić information content (AvgIpc) is 2.74. The Hall–Kier alpha value is -3.48. The summed E-state index contributed by atoms with van der Waals surface area (Å²) in [6.07, 6.45) is -0.0397. The van der Waals surface area contributed by atoms with Gasteiger partial charge in [0.25, 0.3) is 5.56 Å². The molecule has 2 aromatic carbocycles. The van der Waals surface area contributed by atoms with Crippen molar-refractivity contribution in [2.24, 2.45) is 5.92 Å². The van der Waals surface area contributed by atoms with Gasteiger partial charge in [-0.3, -0.25) is 14.4 Å². The first-order chi connectivity index (χ1) is 14.4. The third-order valence-electron chi connectivity index (χ3n) is 5.03. The van der Waals surface area contributed by atoms with Crippen LogP contribution >= 0.6 is 0 Å². The number of fused-ring (bicyclic) bond motifs is 1. The SMILES string of the molecule is CC(NC(=O)C(NC(=O)Cc1n[nH]c(=O)c2ccccc12)C(C)C)c1ccccc1. The van der Waals surface area contributed by atoms with Gasteiger partial charge in [-0.2, -0.15) is 5.10 Å². The molecule has 3 N–H and O–H groups in total. The number of nitrogens with zero attached hydrogens (tertiary/aromatic N) is 1. The molecule has 30 heavy (non-hydrogen) atoms. The Balaban J connectivity index is 1.71. The van der Waals surface area contributed by atoms with Crippen LogP contribution in [0.2, 0.25) is 0 Å². The lowest BCUT2D eigenvalue weighted by atomic mass is 10.0. The third-order valence-corrected chi connectivity index (χ3v) is 5.03. The van der Waals surface area contributed by atoms with Gasteiger partial charge in [0, 0.05) is 5.39 Å². The van der Waals surface area contributed by atoms with Gasteiger partial charge in [0.05, 0.1) is 23.5 Å². The second-order valence-electron chi connectivity index (χ2n) is 7.65. The molecule has 2 amide bonds. The van der Waals surface area contributed by atoms with E-state index in [2.05, 4.69) is 20.8 Å². The highest BCUT2D eigenvalue weighted by Gasteiger charge is 2.26. The van der Waals surface area contributed by atoms with Crippen LogP contribution < -0.4 is 16.2 Å². The molecule has 0 bridgehead atoms. The second kappa shape index (κ2) is 9.35. The number of aromatic amines is 1. The maximum absolute atomic E-state index is 12.8. The molecular weight excluding hydrogens is 380 g/mol. The summed E-state index contributed by atoms with van der Waals surface area (Å²) in [5.41, 5.74) is 1.15. The van der Waals surface area contributed by atoms with Gasteiger partial charge >= 0.3 is 0 Å². The molecule has 0 radical (unpaired) electrons. The summed E-state index contributed by atoms with van der Waals surface area (Å²) >= 11 is 0. The van der Waals surface area contributed by atoms with Crippen LogP contribution in [-0.2, 0) is 16.0 Å². The van der Waals surface area contributed by atoms with Crippen LogP contribution in [-0.4, -0.2) is 28.1 Å². The smallest absolute Gasteiger partial charge is 0.272 e. The zero-order valence-corrected chi connectivity index (χ0v) is 17.3. The van der Waals surface area contributed by atoms with Crippen molar-refractivity contribution in [3.8, 4) is 0 Å². The van der Waals surface area contributed by atoms with Gasteiger partial charge in [-0.25, -0.2) is 5.10 Å². The molecule has 156 valence electrons. The quantitative estimate of drug-likeness (QED) is 0.561. The molecule has 0 saturated heterocycles. The predicted molar refractivity (Wildman–Crippen MR) is 116 cm³/mol. The number of hydrogen-bond donors (Lipinski definition) is 3. The zero-order chi connectivity index (χ0) is 21.7. The van der Waals surface area contributed by atoms with Gasteiger partial charge in [0.2, 0.25) is 11.8 Å². The summed E-state index contributed by atoms with van der Waals surface area (Å²) in [6, 6.07) is 15.8. The Morgan fingerprint density at radius 3 is 2.23 bits per heavy atom. The molecule has 3 rings (SSSR count). The maximum Gasteiger partial charge on any atom is 0.272 e. The number of carbonyl (C=O) groups excluding carboxylic acids is 2. The minimum Gasteiger partial charge on any atom is -0.348 e. The van der Waals surface area contributed by atoms with Crippen molar-refractivity contribution in [1.82, 2.24) is 20.8 Å². The van der Waals surface area contributed by atoms with E-state index in [1.807, 2.05) is 51.1 Å². The highest BCUT2D eigenvalue weighted by Crippen LogP contribution is 2.14. The van der Waals surface area contributed by atoms with E-state index in [-0.39, 0.29) is 35.8 Å². The Bertz CT molecular complexity index is 1090. The molecule has 2 unspecified atom stereocenters. The number of nitrogens with one attached hydrogen (secondary N) is 3. The van der Waals surface area contributed by atoms with Crippen LogP contribution in [0, 0.1) is 5.92 Å². The Morgan fingerprint density at radius 1 is 0.933 bits per heavy atom. The number of H-pyrrole nitrogens is 1. The normalized spacial score (nSPS) is 13.1. The fourth-order valence-electron chi connectivity index (χ4n) is 3.35. The van der Waals surface area contributed by atoms with E-state index < -0.39 is 6.04 Å². The lowest BCUT2D eigenvalue weighted by molar-refractivity contribution is -0.130. The summed E-state index contributed by atoms with van der Waals surface area (Å²) in [6.45, 7) is 5.67. The number of benzene rings is 2. The van der Waals surface area contributed by atoms with Crippen LogP contribution in [0.3, 0.4) is 0 Å². The highest BCUT2D eigenvalue weighted by molar-refractivity contribution is 5.91. The van der Waals surface area contributed by atoms with Gasteiger partial charge < -0.3 is 10.6 Å². The molecule has 7 heteroatoms. The third kappa shape index (κ3) is 4.92. The first kappa shape index (κ1) is 21.2. The summed E-state index contributed by atoms with van der Waals surface area (Å²) < 4.78 is 0. The molecular formula is C23H26N4O3. The van der Waals surface area contributed by atoms with Crippen molar-refractivity contribution in [3.63, 3.8) is 0 Å². The van der Waals surface area contributed by atoms with Crippen LogP contribution in [0.5, 0.6) is 0 Å². The van der Waals surface area contributed by atoms with E-state index in [9.17, 15) is 14.4 Å². The van der Waals surface area contributed by atoms with Crippen molar-refractivity contribution in [2.75, 3.05) is 0 Å². The van der Waals surface area contributed by atoms with E-state index >= 15 is 0 Å². The number of hydrogen-bond acceptors (Lipinski definition) is 4. The van der Waals surface area contributed by atoms with E-state index in [1.165, 1.54) is 0 Å². The standard InChI is InChI=1S/C23H26N4O3/c1-14(2)21(23(30)24-15(3)16-9-5-4-6-10-16)25-20(28)13-19-17-11-7-8-12-18(17)22(29)27-26-19/h4-12,14-15,21H,13H2,1-3H3,(H,24,30)(H,25,28)(H,27,29). The molecule has 1 aromatic heterocycles. The Labute approximate surface area is 174 Å². The first-order valence-electron chi connectivity index (χ1n) is 9.97. The lowest BCUT2D eigenvalue weighted by Crippen LogP contribution is -2.50. The highest BCUT2D eigenvalue weighted by atomic mass is 16.2.